The van der Waals surface area contributed by atoms with Crippen molar-refractivity contribution in [2.24, 2.45) is 5.73 Å². The molecule has 0 fully saturated rings. The smallest absolute Gasteiger partial charge is 0.244 e. The van der Waals surface area contributed by atoms with Gasteiger partial charge >= 0.3 is 0 Å². The standard InChI is InChI=1S/C13H14N6O/c1-8-5-15-3-2-10(8)12-18-13(20-19-12)11(14)4-9-6-16-7-17-9/h2-3,5-7,11H,4,14H2,1H3,(H,16,17). The van der Waals surface area contributed by atoms with Gasteiger partial charge in [0.05, 0.1) is 12.4 Å². The Morgan fingerprint density at radius 2 is 2.25 bits per heavy atom. The van der Waals surface area contributed by atoms with Crippen LogP contribution in [0.2, 0.25) is 0 Å². The van der Waals surface area contributed by atoms with Crippen LogP contribution in [0.15, 0.2) is 35.5 Å². The van der Waals surface area contributed by atoms with Crippen LogP contribution >= 0.6 is 0 Å². The number of hydrogen-bond donors (Lipinski definition) is 2. The zero-order valence-corrected chi connectivity index (χ0v) is 10.9. The number of nitrogens with zero attached hydrogens (tertiary/aromatic N) is 4. The van der Waals surface area contributed by atoms with Crippen molar-refractivity contribution in [3.05, 3.63) is 48.1 Å². The summed E-state index contributed by atoms with van der Waals surface area (Å²) in [5.41, 5.74) is 8.87. The lowest BCUT2D eigenvalue weighted by Gasteiger charge is -2.03. The van der Waals surface area contributed by atoms with Crippen LogP contribution in [-0.4, -0.2) is 25.1 Å². The van der Waals surface area contributed by atoms with E-state index in [9.17, 15) is 0 Å². The minimum absolute atomic E-state index is 0.362. The molecule has 7 nitrogen and oxygen atoms in total. The number of nitrogens with two attached hydrogens (primary N) is 1. The molecule has 7 heteroatoms. The zero-order valence-electron chi connectivity index (χ0n) is 10.9. The van der Waals surface area contributed by atoms with Gasteiger partial charge in [-0.15, -0.1) is 0 Å². The quantitative estimate of drug-likeness (QED) is 0.742. The highest BCUT2D eigenvalue weighted by Crippen LogP contribution is 2.21. The predicted octanol–water partition coefficient (Wildman–Crippen LogP) is 1.41. The number of nitrogens with one attached hydrogen (secondary N) is 1. The number of pyridine rings is 1. The van der Waals surface area contributed by atoms with Crippen LogP contribution in [0.3, 0.4) is 0 Å². The summed E-state index contributed by atoms with van der Waals surface area (Å²) in [4.78, 5) is 15.3. The fourth-order valence-electron chi connectivity index (χ4n) is 1.94. The second-order valence-corrected chi connectivity index (χ2v) is 4.53. The Morgan fingerprint density at radius 1 is 1.35 bits per heavy atom. The molecular weight excluding hydrogens is 256 g/mol. The molecule has 0 aliphatic heterocycles. The lowest BCUT2D eigenvalue weighted by Crippen LogP contribution is -2.14. The number of aryl methyl sites for hydroxylation is 1. The molecule has 3 rings (SSSR count). The van der Waals surface area contributed by atoms with Gasteiger partial charge in [0.2, 0.25) is 11.7 Å². The number of aromatic nitrogens is 5. The van der Waals surface area contributed by atoms with Gasteiger partial charge in [-0.1, -0.05) is 5.16 Å². The molecule has 0 amide bonds. The lowest BCUT2D eigenvalue weighted by molar-refractivity contribution is 0.354. The average Bonchev–Trinajstić information content (AvgIpc) is 3.10. The Balaban J connectivity index is 1.81. The second-order valence-electron chi connectivity index (χ2n) is 4.53. The molecule has 3 N–H and O–H groups in total. The van der Waals surface area contributed by atoms with Crippen molar-refractivity contribution < 1.29 is 4.52 Å². The minimum Gasteiger partial charge on any atom is -0.348 e. The Morgan fingerprint density at radius 3 is 3.00 bits per heavy atom. The maximum absolute atomic E-state index is 6.06. The third kappa shape index (κ3) is 2.43. The molecule has 1 atom stereocenters. The van der Waals surface area contributed by atoms with E-state index >= 15 is 0 Å². The molecule has 3 heterocycles. The van der Waals surface area contributed by atoms with E-state index in [4.69, 9.17) is 10.3 Å². The first-order valence-corrected chi connectivity index (χ1v) is 6.21. The van der Waals surface area contributed by atoms with Gasteiger partial charge in [-0.2, -0.15) is 4.98 Å². The van der Waals surface area contributed by atoms with E-state index in [0.717, 1.165) is 16.8 Å². The number of hydrogen-bond acceptors (Lipinski definition) is 6. The van der Waals surface area contributed by atoms with Crippen molar-refractivity contribution in [1.29, 1.82) is 0 Å². The molecule has 20 heavy (non-hydrogen) atoms. The summed E-state index contributed by atoms with van der Waals surface area (Å²) in [6.45, 7) is 1.95. The number of aromatic amines is 1. The highest BCUT2D eigenvalue weighted by molar-refractivity contribution is 5.57. The Bertz CT molecular complexity index is 690. The fourth-order valence-corrected chi connectivity index (χ4v) is 1.94. The van der Waals surface area contributed by atoms with Gasteiger partial charge in [0.25, 0.3) is 0 Å². The Kier molecular flexibility index (Phi) is 3.26. The van der Waals surface area contributed by atoms with Crippen molar-refractivity contribution in [3.8, 4) is 11.4 Å². The molecule has 0 aliphatic carbocycles. The van der Waals surface area contributed by atoms with Crippen molar-refractivity contribution >= 4 is 0 Å². The SMILES string of the molecule is Cc1cnccc1-c1noc(C(N)Cc2cnc[nH]2)n1. The van der Waals surface area contributed by atoms with Gasteiger partial charge in [-0.05, 0) is 18.6 Å². The summed E-state index contributed by atoms with van der Waals surface area (Å²) >= 11 is 0. The molecule has 0 aliphatic rings. The zero-order chi connectivity index (χ0) is 13.9. The topological polar surface area (TPSA) is 107 Å². The normalized spacial score (nSPS) is 12.5. The van der Waals surface area contributed by atoms with E-state index in [1.807, 2.05) is 13.0 Å². The van der Waals surface area contributed by atoms with E-state index in [1.165, 1.54) is 0 Å². The monoisotopic (exact) mass is 270 g/mol. The molecule has 102 valence electrons. The summed E-state index contributed by atoms with van der Waals surface area (Å²) < 4.78 is 5.24. The molecule has 1 unspecified atom stereocenters. The first-order chi connectivity index (χ1) is 9.74. The van der Waals surface area contributed by atoms with Crippen LogP contribution in [0.4, 0.5) is 0 Å². The molecule has 3 aromatic heterocycles. The highest BCUT2D eigenvalue weighted by atomic mass is 16.5. The average molecular weight is 270 g/mol. The highest BCUT2D eigenvalue weighted by Gasteiger charge is 2.17. The van der Waals surface area contributed by atoms with E-state index in [-0.39, 0.29) is 6.04 Å². The summed E-state index contributed by atoms with van der Waals surface area (Å²) in [6, 6.07) is 1.49. The fraction of sp³-hybridized carbons (Fsp3) is 0.231. The first kappa shape index (κ1) is 12.5. The van der Waals surface area contributed by atoms with Gasteiger partial charge in [0.1, 0.15) is 0 Å². The molecule has 0 spiro atoms. The Labute approximate surface area is 115 Å². The molecule has 3 aromatic rings. The van der Waals surface area contributed by atoms with Crippen LogP contribution in [0.5, 0.6) is 0 Å². The molecular formula is C13H14N6O. The molecule has 0 radical (unpaired) electrons. The number of H-pyrrole nitrogens is 1. The van der Waals surface area contributed by atoms with Gasteiger partial charge in [-0.25, -0.2) is 4.98 Å². The minimum atomic E-state index is -0.362. The van der Waals surface area contributed by atoms with Crippen LogP contribution < -0.4 is 5.73 Å². The second kappa shape index (κ2) is 5.22. The first-order valence-electron chi connectivity index (χ1n) is 6.21. The summed E-state index contributed by atoms with van der Waals surface area (Å²) in [7, 11) is 0. The van der Waals surface area contributed by atoms with Crippen LogP contribution in [0.1, 0.15) is 23.2 Å². The van der Waals surface area contributed by atoms with E-state index in [0.29, 0.717) is 18.1 Å². The lowest BCUT2D eigenvalue weighted by atomic mass is 10.1. The van der Waals surface area contributed by atoms with Crippen LogP contribution in [-0.2, 0) is 6.42 Å². The maximum atomic E-state index is 6.06. The van der Waals surface area contributed by atoms with Crippen LogP contribution in [0.25, 0.3) is 11.4 Å². The van der Waals surface area contributed by atoms with E-state index < -0.39 is 0 Å². The van der Waals surface area contributed by atoms with E-state index in [1.54, 1.807) is 24.9 Å². The number of rotatable bonds is 4. The predicted molar refractivity (Wildman–Crippen MR) is 71.5 cm³/mol. The molecule has 0 aromatic carbocycles. The number of imidazole rings is 1. The van der Waals surface area contributed by atoms with E-state index in [2.05, 4.69) is 25.1 Å². The summed E-state index contributed by atoms with van der Waals surface area (Å²) in [6.07, 6.45) is 7.36. The molecule has 0 bridgehead atoms. The van der Waals surface area contributed by atoms with Gasteiger partial charge in [0.15, 0.2) is 0 Å². The summed E-state index contributed by atoms with van der Waals surface area (Å²) in [5.74, 6) is 0.936. The third-order valence-corrected chi connectivity index (χ3v) is 3.01. The molecule has 0 saturated heterocycles. The Hall–Kier alpha value is -2.54. The van der Waals surface area contributed by atoms with Crippen molar-refractivity contribution in [3.63, 3.8) is 0 Å². The largest absolute Gasteiger partial charge is 0.348 e. The van der Waals surface area contributed by atoms with Crippen LogP contribution in [0, 0.1) is 6.92 Å². The van der Waals surface area contributed by atoms with Gasteiger partial charge in [0, 0.05) is 36.3 Å². The van der Waals surface area contributed by atoms with Gasteiger partial charge < -0.3 is 15.2 Å². The van der Waals surface area contributed by atoms with Crippen molar-refractivity contribution in [2.75, 3.05) is 0 Å². The van der Waals surface area contributed by atoms with Crippen molar-refractivity contribution in [1.82, 2.24) is 25.1 Å². The summed E-state index contributed by atoms with van der Waals surface area (Å²) in [5, 5.41) is 3.98. The molecule has 0 saturated carbocycles. The third-order valence-electron chi connectivity index (χ3n) is 3.01. The van der Waals surface area contributed by atoms with Gasteiger partial charge in [-0.3, -0.25) is 4.98 Å². The van der Waals surface area contributed by atoms with Crippen molar-refractivity contribution in [2.45, 2.75) is 19.4 Å². The maximum Gasteiger partial charge on any atom is 0.244 e.